The van der Waals surface area contributed by atoms with E-state index in [4.69, 9.17) is 28.3 Å². The van der Waals surface area contributed by atoms with Crippen molar-refractivity contribution in [1.82, 2.24) is 0 Å². The van der Waals surface area contributed by atoms with E-state index in [9.17, 15) is 0 Å². The van der Waals surface area contributed by atoms with Crippen LogP contribution in [0.15, 0.2) is 42.5 Å². The largest absolute Gasteiger partial charge is 0.396 e. The van der Waals surface area contributed by atoms with Crippen LogP contribution in [0.1, 0.15) is 30.5 Å². The van der Waals surface area contributed by atoms with Gasteiger partial charge in [0.1, 0.15) is 0 Å². The maximum Gasteiger partial charge on any atom is 0.0500 e. The minimum absolute atomic E-state index is 0.0595. The fraction of sp³-hybridized carbons (Fsp3) is 0.294. The van der Waals surface area contributed by atoms with E-state index in [1.165, 1.54) is 5.56 Å². The third-order valence-electron chi connectivity index (χ3n) is 3.36. The Morgan fingerprint density at radius 3 is 2.71 bits per heavy atom. The Balaban J connectivity index is 2.11. The lowest BCUT2D eigenvalue weighted by Gasteiger charge is -2.18. The molecule has 1 atom stereocenters. The summed E-state index contributed by atoms with van der Waals surface area (Å²) in [6.07, 6.45) is 1.65. The van der Waals surface area contributed by atoms with E-state index in [-0.39, 0.29) is 12.6 Å². The number of hydrogen-bond donors (Lipinski definition) is 2. The molecule has 0 spiro atoms. The van der Waals surface area contributed by atoms with E-state index in [0.29, 0.717) is 10.0 Å². The smallest absolute Gasteiger partial charge is 0.0500 e. The van der Waals surface area contributed by atoms with E-state index in [2.05, 4.69) is 24.4 Å². The topological polar surface area (TPSA) is 32.3 Å². The van der Waals surface area contributed by atoms with Gasteiger partial charge in [-0.15, -0.1) is 0 Å². The molecule has 1 unspecified atom stereocenters. The molecule has 0 aromatic heterocycles. The van der Waals surface area contributed by atoms with Crippen LogP contribution >= 0.6 is 23.2 Å². The normalized spacial score (nSPS) is 12.2. The summed E-state index contributed by atoms with van der Waals surface area (Å²) < 4.78 is 0. The highest BCUT2D eigenvalue weighted by molar-refractivity contribution is 6.33. The van der Waals surface area contributed by atoms with E-state index in [1.807, 2.05) is 24.3 Å². The van der Waals surface area contributed by atoms with Gasteiger partial charge in [-0.05, 0) is 61.2 Å². The molecule has 0 fully saturated rings. The number of aliphatic hydroxyl groups excluding tert-OH is 1. The monoisotopic (exact) mass is 323 g/mol. The Kier molecular flexibility index (Phi) is 5.92. The third kappa shape index (κ3) is 4.63. The van der Waals surface area contributed by atoms with Crippen LogP contribution in [0.4, 0.5) is 5.69 Å². The SMILES string of the molecule is CC(Nc1cccc(CCCO)c1)c1cc(Cl)ccc1Cl. The lowest BCUT2D eigenvalue weighted by molar-refractivity contribution is 0.288. The van der Waals surface area contributed by atoms with Gasteiger partial charge in [-0.25, -0.2) is 0 Å². The zero-order valence-electron chi connectivity index (χ0n) is 11.9. The molecule has 21 heavy (non-hydrogen) atoms. The van der Waals surface area contributed by atoms with Crippen molar-refractivity contribution in [3.63, 3.8) is 0 Å². The molecule has 2 nitrogen and oxygen atoms in total. The second kappa shape index (κ2) is 7.69. The van der Waals surface area contributed by atoms with Gasteiger partial charge in [0.25, 0.3) is 0 Å². The second-order valence-electron chi connectivity index (χ2n) is 5.06. The van der Waals surface area contributed by atoms with E-state index >= 15 is 0 Å². The summed E-state index contributed by atoms with van der Waals surface area (Å²) in [5.41, 5.74) is 3.22. The fourth-order valence-electron chi connectivity index (χ4n) is 2.27. The standard InChI is InChI=1S/C17H19Cl2NO/c1-12(16-11-14(18)7-8-17(16)19)20-15-6-2-4-13(10-15)5-3-9-21/h2,4,6-8,10-12,20-21H,3,5,9H2,1H3. The van der Waals surface area contributed by atoms with Crippen molar-refractivity contribution in [2.45, 2.75) is 25.8 Å². The molecule has 2 aromatic rings. The summed E-state index contributed by atoms with van der Waals surface area (Å²) in [5.74, 6) is 0. The number of aliphatic hydroxyl groups is 1. The number of nitrogens with one attached hydrogen (secondary N) is 1. The molecule has 0 amide bonds. The number of aryl methyl sites for hydroxylation is 1. The van der Waals surface area contributed by atoms with Gasteiger partial charge >= 0.3 is 0 Å². The van der Waals surface area contributed by atoms with Crippen molar-refractivity contribution in [1.29, 1.82) is 0 Å². The molecule has 2 rings (SSSR count). The maximum atomic E-state index is 8.90. The molecule has 0 bridgehead atoms. The van der Waals surface area contributed by atoms with Crippen molar-refractivity contribution in [3.8, 4) is 0 Å². The summed E-state index contributed by atoms with van der Waals surface area (Å²) in [4.78, 5) is 0. The first kappa shape index (κ1) is 16.2. The quantitative estimate of drug-likeness (QED) is 0.775. The number of anilines is 1. The fourth-order valence-corrected chi connectivity index (χ4v) is 2.74. The molecular weight excluding hydrogens is 305 g/mol. The van der Waals surface area contributed by atoms with Crippen LogP contribution in [0.3, 0.4) is 0 Å². The van der Waals surface area contributed by atoms with Gasteiger partial charge in [-0.2, -0.15) is 0 Å². The maximum absolute atomic E-state index is 8.90. The Morgan fingerprint density at radius 1 is 1.14 bits per heavy atom. The van der Waals surface area contributed by atoms with Gasteiger partial charge in [0, 0.05) is 22.3 Å². The van der Waals surface area contributed by atoms with Crippen molar-refractivity contribution >= 4 is 28.9 Å². The average Bonchev–Trinajstić information content (AvgIpc) is 2.48. The van der Waals surface area contributed by atoms with Gasteiger partial charge in [-0.1, -0.05) is 35.3 Å². The average molecular weight is 324 g/mol. The van der Waals surface area contributed by atoms with Crippen LogP contribution in [-0.4, -0.2) is 11.7 Å². The van der Waals surface area contributed by atoms with Gasteiger partial charge in [0.2, 0.25) is 0 Å². The lowest BCUT2D eigenvalue weighted by atomic mass is 10.1. The second-order valence-corrected chi connectivity index (χ2v) is 5.90. The Labute approximate surface area is 135 Å². The third-order valence-corrected chi connectivity index (χ3v) is 3.94. The van der Waals surface area contributed by atoms with Crippen LogP contribution in [-0.2, 0) is 6.42 Å². The zero-order valence-corrected chi connectivity index (χ0v) is 13.5. The zero-order chi connectivity index (χ0) is 15.2. The number of halogens is 2. The predicted molar refractivity (Wildman–Crippen MR) is 90.3 cm³/mol. The highest BCUT2D eigenvalue weighted by Crippen LogP contribution is 2.28. The Bertz CT molecular complexity index is 601. The lowest BCUT2D eigenvalue weighted by Crippen LogP contribution is -2.07. The Hall–Kier alpha value is -1.22. The molecule has 2 N–H and O–H groups in total. The van der Waals surface area contributed by atoms with Crippen LogP contribution in [0.25, 0.3) is 0 Å². The molecule has 0 aliphatic heterocycles. The molecule has 0 saturated carbocycles. The molecule has 2 aromatic carbocycles. The van der Waals surface area contributed by atoms with Crippen LogP contribution in [0.2, 0.25) is 10.0 Å². The van der Waals surface area contributed by atoms with Crippen LogP contribution < -0.4 is 5.32 Å². The van der Waals surface area contributed by atoms with E-state index in [1.54, 1.807) is 6.07 Å². The van der Waals surface area contributed by atoms with Crippen molar-refractivity contribution in [2.24, 2.45) is 0 Å². The molecule has 0 saturated heterocycles. The molecule has 4 heteroatoms. The predicted octanol–water partition coefficient (Wildman–Crippen LogP) is 5.09. The molecule has 0 aliphatic carbocycles. The first-order valence-corrected chi connectivity index (χ1v) is 7.77. The van der Waals surface area contributed by atoms with Crippen LogP contribution in [0, 0.1) is 0 Å². The van der Waals surface area contributed by atoms with Crippen molar-refractivity contribution in [2.75, 3.05) is 11.9 Å². The first-order valence-electron chi connectivity index (χ1n) is 7.01. The van der Waals surface area contributed by atoms with Gasteiger partial charge < -0.3 is 10.4 Å². The van der Waals surface area contributed by atoms with E-state index in [0.717, 1.165) is 24.1 Å². The number of hydrogen-bond acceptors (Lipinski definition) is 2. The minimum Gasteiger partial charge on any atom is -0.396 e. The van der Waals surface area contributed by atoms with Crippen molar-refractivity contribution < 1.29 is 5.11 Å². The van der Waals surface area contributed by atoms with Gasteiger partial charge in [-0.3, -0.25) is 0 Å². The molecule has 0 radical (unpaired) electrons. The molecule has 112 valence electrons. The van der Waals surface area contributed by atoms with Crippen LogP contribution in [0.5, 0.6) is 0 Å². The summed E-state index contributed by atoms with van der Waals surface area (Å²) in [5, 5.41) is 13.7. The highest BCUT2D eigenvalue weighted by atomic mass is 35.5. The molecular formula is C17H19Cl2NO. The number of benzene rings is 2. The first-order chi connectivity index (χ1) is 10.1. The number of rotatable bonds is 6. The summed E-state index contributed by atoms with van der Waals surface area (Å²) in [7, 11) is 0. The summed E-state index contributed by atoms with van der Waals surface area (Å²) in [6, 6.07) is 13.8. The van der Waals surface area contributed by atoms with Crippen molar-refractivity contribution in [3.05, 3.63) is 63.6 Å². The summed E-state index contributed by atoms with van der Waals surface area (Å²) >= 11 is 12.3. The highest BCUT2D eigenvalue weighted by Gasteiger charge is 2.10. The minimum atomic E-state index is 0.0595. The van der Waals surface area contributed by atoms with Gasteiger partial charge in [0.05, 0.1) is 6.04 Å². The van der Waals surface area contributed by atoms with E-state index < -0.39 is 0 Å². The van der Waals surface area contributed by atoms with Gasteiger partial charge in [0.15, 0.2) is 0 Å². The summed E-state index contributed by atoms with van der Waals surface area (Å²) in [6.45, 7) is 2.27. The Morgan fingerprint density at radius 2 is 1.95 bits per heavy atom. The molecule has 0 aliphatic rings. The molecule has 0 heterocycles.